The molecule has 2 saturated heterocycles. The highest BCUT2D eigenvalue weighted by Crippen LogP contribution is 2.40. The number of benzene rings is 1. The number of aryl methyl sites for hydroxylation is 1. The van der Waals surface area contributed by atoms with E-state index in [9.17, 15) is 14.4 Å². The molecule has 0 aromatic heterocycles. The van der Waals surface area contributed by atoms with Crippen molar-refractivity contribution in [2.24, 2.45) is 5.41 Å². The van der Waals surface area contributed by atoms with Gasteiger partial charge in [0.15, 0.2) is 12.6 Å². The molecule has 0 bridgehead atoms. The quantitative estimate of drug-likeness (QED) is 0.592. The highest BCUT2D eigenvalue weighted by molar-refractivity contribution is 5.84. The summed E-state index contributed by atoms with van der Waals surface area (Å²) >= 11 is 0. The number of carbonyl (C=O) groups excluding carboxylic acids is 3. The third kappa shape index (κ3) is 7.34. The van der Waals surface area contributed by atoms with Crippen LogP contribution in [0.15, 0.2) is 24.3 Å². The Labute approximate surface area is 208 Å². The third-order valence-corrected chi connectivity index (χ3v) is 6.81. The molecule has 194 valence electrons. The van der Waals surface area contributed by atoms with Crippen LogP contribution >= 0.6 is 0 Å². The Morgan fingerprint density at radius 1 is 1.06 bits per heavy atom. The molecule has 1 atom stereocenters. The first-order valence-electron chi connectivity index (χ1n) is 12.3. The van der Waals surface area contributed by atoms with Crippen molar-refractivity contribution in [3.05, 3.63) is 29.8 Å². The van der Waals surface area contributed by atoms with Crippen LogP contribution in [0.2, 0.25) is 0 Å². The van der Waals surface area contributed by atoms with Crippen molar-refractivity contribution < 1.29 is 28.6 Å². The topological polar surface area (TPSA) is 97.4 Å². The lowest BCUT2D eigenvalue weighted by Crippen LogP contribution is -2.51. The fourth-order valence-electron chi connectivity index (χ4n) is 4.58. The number of likely N-dealkylation sites (tertiary alicyclic amines) is 2. The summed E-state index contributed by atoms with van der Waals surface area (Å²) in [5.74, 6) is 0.177. The van der Waals surface area contributed by atoms with E-state index in [4.69, 9.17) is 14.2 Å². The zero-order chi connectivity index (χ0) is 25.6. The summed E-state index contributed by atoms with van der Waals surface area (Å²) in [6.45, 7) is 10.2. The molecule has 35 heavy (non-hydrogen) atoms. The van der Waals surface area contributed by atoms with Crippen molar-refractivity contribution >= 4 is 17.9 Å². The summed E-state index contributed by atoms with van der Waals surface area (Å²) in [5.41, 5.74) is 0.556. The summed E-state index contributed by atoms with van der Waals surface area (Å²) in [4.78, 5) is 41.4. The average Bonchev–Trinajstić information content (AvgIpc) is 3.23. The molecule has 0 radical (unpaired) electrons. The van der Waals surface area contributed by atoms with Gasteiger partial charge in [-0.1, -0.05) is 18.2 Å². The minimum atomic E-state index is -0.865. The van der Waals surface area contributed by atoms with Gasteiger partial charge >= 0.3 is 12.0 Å². The number of nitrogens with zero attached hydrogens (tertiary/aromatic N) is 2. The number of methoxy groups -OCH3 is 1. The SMILES string of the molecule is COC(=O)C(COC(C)(C)C)NC(=O)N1CCC2(CCN(C(=O)COc3ccccc3C)CC2)C1. The average molecular weight is 490 g/mol. The fourth-order valence-corrected chi connectivity index (χ4v) is 4.58. The van der Waals surface area contributed by atoms with Gasteiger partial charge in [0, 0.05) is 26.2 Å². The van der Waals surface area contributed by atoms with E-state index >= 15 is 0 Å². The molecule has 2 heterocycles. The molecule has 1 spiro atoms. The van der Waals surface area contributed by atoms with Gasteiger partial charge in [0.2, 0.25) is 0 Å². The number of nitrogens with one attached hydrogen (secondary N) is 1. The molecule has 2 aliphatic heterocycles. The van der Waals surface area contributed by atoms with E-state index in [1.54, 1.807) is 4.90 Å². The van der Waals surface area contributed by atoms with Crippen LogP contribution < -0.4 is 10.1 Å². The number of ether oxygens (including phenoxy) is 3. The standard InChI is InChI=1S/C26H39N3O6/c1-19-8-6-7-9-21(19)34-17-22(30)28-13-10-26(11-14-28)12-15-29(18-26)24(32)27-20(23(31)33-5)16-35-25(2,3)4/h6-9,20H,10-18H2,1-5H3,(H,27,32). The summed E-state index contributed by atoms with van der Waals surface area (Å²) in [7, 11) is 1.30. The van der Waals surface area contributed by atoms with Crippen molar-refractivity contribution in [3.8, 4) is 5.75 Å². The number of esters is 1. The Morgan fingerprint density at radius 2 is 1.69 bits per heavy atom. The maximum Gasteiger partial charge on any atom is 0.330 e. The molecule has 1 aromatic carbocycles. The molecule has 1 aromatic rings. The van der Waals surface area contributed by atoms with E-state index in [0.29, 0.717) is 26.2 Å². The molecule has 9 heteroatoms. The van der Waals surface area contributed by atoms with E-state index in [0.717, 1.165) is 30.6 Å². The van der Waals surface area contributed by atoms with Crippen LogP contribution in [-0.4, -0.2) is 85.9 Å². The van der Waals surface area contributed by atoms with Gasteiger partial charge in [0.25, 0.3) is 5.91 Å². The largest absolute Gasteiger partial charge is 0.484 e. The van der Waals surface area contributed by atoms with E-state index in [-0.39, 0.29) is 30.6 Å². The van der Waals surface area contributed by atoms with Crippen molar-refractivity contribution in [1.29, 1.82) is 0 Å². The van der Waals surface area contributed by atoms with Crippen molar-refractivity contribution in [2.75, 3.05) is 46.5 Å². The van der Waals surface area contributed by atoms with Crippen molar-refractivity contribution in [3.63, 3.8) is 0 Å². The lowest BCUT2D eigenvalue weighted by atomic mass is 9.78. The predicted octanol–water partition coefficient (Wildman–Crippen LogP) is 2.75. The minimum Gasteiger partial charge on any atom is -0.484 e. The molecule has 0 aliphatic carbocycles. The number of piperidine rings is 1. The highest BCUT2D eigenvalue weighted by atomic mass is 16.5. The highest BCUT2D eigenvalue weighted by Gasteiger charge is 2.43. The Hall–Kier alpha value is -2.81. The second-order valence-corrected chi connectivity index (χ2v) is 10.6. The number of hydrogen-bond donors (Lipinski definition) is 1. The Balaban J connectivity index is 1.48. The number of carbonyl (C=O) groups is 3. The van der Waals surface area contributed by atoms with Gasteiger partial charge in [-0.15, -0.1) is 0 Å². The monoisotopic (exact) mass is 489 g/mol. The molecule has 3 rings (SSSR count). The second-order valence-electron chi connectivity index (χ2n) is 10.6. The number of para-hydroxylation sites is 1. The number of rotatable bonds is 7. The normalized spacial score (nSPS) is 18.3. The van der Waals surface area contributed by atoms with Crippen LogP contribution in [0.25, 0.3) is 0 Å². The van der Waals surface area contributed by atoms with Crippen LogP contribution in [0.3, 0.4) is 0 Å². The second kappa shape index (κ2) is 11.3. The maximum absolute atomic E-state index is 12.9. The van der Waals surface area contributed by atoms with Gasteiger partial charge < -0.3 is 29.3 Å². The Morgan fingerprint density at radius 3 is 2.29 bits per heavy atom. The third-order valence-electron chi connectivity index (χ3n) is 6.81. The Kier molecular flexibility index (Phi) is 8.64. The molecule has 9 nitrogen and oxygen atoms in total. The first-order valence-corrected chi connectivity index (χ1v) is 12.3. The zero-order valence-corrected chi connectivity index (χ0v) is 21.6. The molecule has 3 amide bonds. The van der Waals surface area contributed by atoms with Crippen LogP contribution in [0.4, 0.5) is 4.79 Å². The zero-order valence-electron chi connectivity index (χ0n) is 21.6. The van der Waals surface area contributed by atoms with Crippen LogP contribution in [-0.2, 0) is 19.1 Å². The maximum atomic E-state index is 12.9. The smallest absolute Gasteiger partial charge is 0.330 e. The van der Waals surface area contributed by atoms with Crippen LogP contribution in [0.1, 0.15) is 45.6 Å². The van der Waals surface area contributed by atoms with Gasteiger partial charge in [-0.2, -0.15) is 0 Å². The van der Waals surface area contributed by atoms with Gasteiger partial charge in [-0.25, -0.2) is 9.59 Å². The molecular formula is C26H39N3O6. The molecular weight excluding hydrogens is 450 g/mol. The van der Waals surface area contributed by atoms with Gasteiger partial charge in [-0.05, 0) is 64.0 Å². The lowest BCUT2D eigenvalue weighted by molar-refractivity contribution is -0.146. The summed E-state index contributed by atoms with van der Waals surface area (Å²) in [5, 5.41) is 2.77. The van der Waals surface area contributed by atoms with Gasteiger partial charge in [0.1, 0.15) is 5.75 Å². The summed E-state index contributed by atoms with van der Waals surface area (Å²) in [6, 6.07) is 6.50. The summed E-state index contributed by atoms with van der Waals surface area (Å²) in [6.07, 6.45) is 2.55. The van der Waals surface area contributed by atoms with E-state index in [2.05, 4.69) is 5.32 Å². The first kappa shape index (κ1) is 26.8. The fraction of sp³-hybridized carbons (Fsp3) is 0.654. The Bertz CT molecular complexity index is 905. The van der Waals surface area contributed by atoms with E-state index < -0.39 is 17.6 Å². The lowest BCUT2D eigenvalue weighted by Gasteiger charge is -2.39. The summed E-state index contributed by atoms with van der Waals surface area (Å²) < 4.78 is 16.3. The van der Waals surface area contributed by atoms with E-state index in [1.165, 1.54) is 7.11 Å². The number of amides is 3. The van der Waals surface area contributed by atoms with Gasteiger partial charge in [0.05, 0.1) is 19.3 Å². The van der Waals surface area contributed by atoms with E-state index in [1.807, 2.05) is 56.9 Å². The van der Waals surface area contributed by atoms with Crippen molar-refractivity contribution in [1.82, 2.24) is 15.1 Å². The predicted molar refractivity (Wildman–Crippen MR) is 131 cm³/mol. The molecule has 1 unspecified atom stereocenters. The van der Waals surface area contributed by atoms with Crippen molar-refractivity contribution in [2.45, 2.75) is 58.6 Å². The first-order chi connectivity index (χ1) is 16.5. The van der Waals surface area contributed by atoms with Crippen LogP contribution in [0.5, 0.6) is 5.75 Å². The minimum absolute atomic E-state index is 0.00628. The van der Waals surface area contributed by atoms with Gasteiger partial charge in [-0.3, -0.25) is 4.79 Å². The molecule has 2 aliphatic rings. The number of hydrogen-bond acceptors (Lipinski definition) is 6. The molecule has 2 fully saturated rings. The van der Waals surface area contributed by atoms with Crippen LogP contribution in [0, 0.1) is 12.3 Å². The number of urea groups is 1. The molecule has 0 saturated carbocycles. The molecule has 1 N–H and O–H groups in total.